The van der Waals surface area contributed by atoms with Crippen LogP contribution in [0.2, 0.25) is 0 Å². The van der Waals surface area contributed by atoms with E-state index in [2.05, 4.69) is 20.9 Å². The molecule has 1 aromatic heterocycles. The van der Waals surface area contributed by atoms with Crippen molar-refractivity contribution in [1.82, 2.24) is 4.57 Å². The van der Waals surface area contributed by atoms with Crippen molar-refractivity contribution in [2.24, 2.45) is 4.99 Å². The number of phenols is 1. The van der Waals surface area contributed by atoms with Crippen LogP contribution in [0.5, 0.6) is 11.5 Å². The van der Waals surface area contributed by atoms with Crippen molar-refractivity contribution in [2.75, 3.05) is 13.7 Å². The van der Waals surface area contributed by atoms with Crippen molar-refractivity contribution >= 4 is 39.3 Å². The minimum atomic E-state index is -0.704. The zero-order valence-electron chi connectivity index (χ0n) is 18.2. The van der Waals surface area contributed by atoms with Gasteiger partial charge < -0.3 is 14.6 Å². The summed E-state index contributed by atoms with van der Waals surface area (Å²) in [7, 11) is 1.57. The predicted molar refractivity (Wildman–Crippen MR) is 129 cm³/mol. The number of allylic oxidation sites excluding steroid dienone is 1. The van der Waals surface area contributed by atoms with Gasteiger partial charge in [-0.25, -0.2) is 9.79 Å². The molecule has 0 saturated heterocycles. The molecular formula is C24H21BrN2O5S. The van der Waals surface area contributed by atoms with E-state index in [1.54, 1.807) is 57.4 Å². The number of esters is 1. The summed E-state index contributed by atoms with van der Waals surface area (Å²) in [5, 5.41) is 10.2. The second-order valence-electron chi connectivity index (χ2n) is 7.28. The summed E-state index contributed by atoms with van der Waals surface area (Å²) in [5.41, 5.74) is 1.72. The van der Waals surface area contributed by atoms with Crippen molar-refractivity contribution in [1.29, 1.82) is 0 Å². The molecule has 0 spiro atoms. The average molecular weight is 529 g/mol. The summed E-state index contributed by atoms with van der Waals surface area (Å²) in [6.45, 7) is 3.67. The lowest BCUT2D eigenvalue weighted by atomic mass is 9.96. The Morgan fingerprint density at radius 3 is 2.67 bits per heavy atom. The third-order valence-corrected chi connectivity index (χ3v) is 6.70. The van der Waals surface area contributed by atoms with Gasteiger partial charge in [-0.3, -0.25) is 9.36 Å². The van der Waals surface area contributed by atoms with Gasteiger partial charge in [-0.2, -0.15) is 0 Å². The van der Waals surface area contributed by atoms with Crippen molar-refractivity contribution in [3.8, 4) is 11.5 Å². The number of aromatic hydroxyl groups is 1. The van der Waals surface area contributed by atoms with E-state index in [1.807, 2.05) is 12.1 Å². The van der Waals surface area contributed by atoms with E-state index in [-0.39, 0.29) is 17.9 Å². The number of carbonyl (C=O) groups is 1. The van der Waals surface area contributed by atoms with Crippen LogP contribution in [0.3, 0.4) is 0 Å². The average Bonchev–Trinajstić information content (AvgIpc) is 3.10. The van der Waals surface area contributed by atoms with Crippen LogP contribution in [0.4, 0.5) is 0 Å². The predicted octanol–water partition coefficient (Wildman–Crippen LogP) is 3.28. The molecule has 0 saturated carbocycles. The molecular weight excluding hydrogens is 508 g/mol. The smallest absolute Gasteiger partial charge is 0.338 e. The minimum absolute atomic E-state index is 0.0548. The van der Waals surface area contributed by atoms with Gasteiger partial charge in [0.05, 0.1) is 35.6 Å². The first-order valence-corrected chi connectivity index (χ1v) is 11.8. The molecule has 0 unspecified atom stereocenters. The van der Waals surface area contributed by atoms with Gasteiger partial charge in [0, 0.05) is 10.0 Å². The molecule has 0 radical (unpaired) electrons. The molecule has 0 amide bonds. The van der Waals surface area contributed by atoms with E-state index in [1.165, 1.54) is 15.9 Å². The number of halogens is 1. The van der Waals surface area contributed by atoms with E-state index < -0.39 is 12.0 Å². The fourth-order valence-electron chi connectivity index (χ4n) is 3.68. The van der Waals surface area contributed by atoms with Gasteiger partial charge in [-0.1, -0.05) is 39.4 Å². The summed E-state index contributed by atoms with van der Waals surface area (Å²) >= 11 is 4.58. The third-order valence-electron chi connectivity index (χ3n) is 5.22. The number of rotatable bonds is 5. The Morgan fingerprint density at radius 2 is 2.00 bits per heavy atom. The Balaban J connectivity index is 1.96. The van der Waals surface area contributed by atoms with Crippen molar-refractivity contribution in [2.45, 2.75) is 19.9 Å². The normalized spacial score (nSPS) is 15.8. The quantitative estimate of drug-likeness (QED) is 0.513. The first-order valence-electron chi connectivity index (χ1n) is 10.2. The Bertz CT molecular complexity index is 1440. The second-order valence-corrected chi connectivity index (χ2v) is 9.20. The largest absolute Gasteiger partial charge is 0.507 e. The number of carbonyl (C=O) groups excluding carboxylic acids is 1. The van der Waals surface area contributed by atoms with E-state index in [0.29, 0.717) is 31.9 Å². The number of benzene rings is 2. The maximum absolute atomic E-state index is 13.5. The van der Waals surface area contributed by atoms with Gasteiger partial charge in [0.15, 0.2) is 4.80 Å². The van der Waals surface area contributed by atoms with Gasteiger partial charge in [0.2, 0.25) is 0 Å². The number of phenolic OH excluding ortho intramolecular Hbond substituents is 1. The Morgan fingerprint density at radius 1 is 1.27 bits per heavy atom. The zero-order valence-corrected chi connectivity index (χ0v) is 20.6. The number of nitrogens with zero attached hydrogens (tertiary/aromatic N) is 2. The molecule has 170 valence electrons. The Kier molecular flexibility index (Phi) is 6.53. The highest BCUT2D eigenvalue weighted by Crippen LogP contribution is 2.31. The van der Waals surface area contributed by atoms with E-state index in [4.69, 9.17) is 9.47 Å². The SMILES string of the molecule is CCOC(=O)C1=C(C)N=c2s/c(=C\c3cc(Br)ccc3O)c(=O)n2[C@H]1c1ccc(OC)cc1. The lowest BCUT2D eigenvalue weighted by Gasteiger charge is -2.24. The van der Waals surface area contributed by atoms with Crippen molar-refractivity contribution in [3.63, 3.8) is 0 Å². The highest BCUT2D eigenvalue weighted by molar-refractivity contribution is 9.10. The second kappa shape index (κ2) is 9.36. The number of methoxy groups -OCH3 is 1. The first kappa shape index (κ1) is 23.0. The highest BCUT2D eigenvalue weighted by Gasteiger charge is 2.33. The number of hydrogen-bond donors (Lipinski definition) is 1. The maximum Gasteiger partial charge on any atom is 0.338 e. The first-order chi connectivity index (χ1) is 15.8. The fraction of sp³-hybridized carbons (Fsp3) is 0.208. The molecule has 4 rings (SSSR count). The summed E-state index contributed by atoms with van der Waals surface area (Å²) in [4.78, 5) is 31.4. The molecule has 7 nitrogen and oxygen atoms in total. The highest BCUT2D eigenvalue weighted by atomic mass is 79.9. The minimum Gasteiger partial charge on any atom is -0.507 e. The lowest BCUT2D eigenvalue weighted by molar-refractivity contribution is -0.139. The van der Waals surface area contributed by atoms with Crippen molar-refractivity contribution in [3.05, 3.63) is 89.0 Å². The van der Waals surface area contributed by atoms with E-state index >= 15 is 0 Å². The molecule has 9 heteroatoms. The summed E-state index contributed by atoms with van der Waals surface area (Å²) in [5.74, 6) is 0.201. The standard InChI is InChI=1S/C24H21BrN2O5S/c1-4-32-23(30)20-13(2)26-24-27(21(20)14-5-8-17(31-3)9-6-14)22(29)19(33-24)12-15-11-16(25)7-10-18(15)28/h5-12,21,28H,4H2,1-3H3/b19-12-/t21-/m0/s1. The van der Waals surface area contributed by atoms with Crippen LogP contribution in [0.1, 0.15) is 31.0 Å². The fourth-order valence-corrected chi connectivity index (χ4v) is 5.09. The van der Waals surface area contributed by atoms with Gasteiger partial charge in [0.25, 0.3) is 5.56 Å². The topological polar surface area (TPSA) is 90.1 Å². The number of hydrogen-bond acceptors (Lipinski definition) is 7. The molecule has 2 aromatic carbocycles. The molecule has 33 heavy (non-hydrogen) atoms. The number of thiazole rings is 1. The summed E-state index contributed by atoms with van der Waals surface area (Å²) in [6.07, 6.45) is 1.62. The van der Waals surface area contributed by atoms with Crippen LogP contribution < -0.4 is 19.6 Å². The van der Waals surface area contributed by atoms with Gasteiger partial charge in [0.1, 0.15) is 11.5 Å². The molecule has 1 aliphatic heterocycles. The number of fused-ring (bicyclic) bond motifs is 1. The van der Waals surface area contributed by atoms with Crippen LogP contribution in [-0.2, 0) is 9.53 Å². The molecule has 0 fully saturated rings. The maximum atomic E-state index is 13.5. The van der Waals surface area contributed by atoms with Crippen LogP contribution in [0.15, 0.2) is 68.0 Å². The number of aromatic nitrogens is 1. The van der Waals surface area contributed by atoms with Gasteiger partial charge >= 0.3 is 5.97 Å². The molecule has 1 N–H and O–H groups in total. The van der Waals surface area contributed by atoms with Crippen LogP contribution in [0, 0.1) is 0 Å². The molecule has 1 aliphatic rings. The molecule has 0 bridgehead atoms. The molecule has 3 aromatic rings. The van der Waals surface area contributed by atoms with E-state index in [9.17, 15) is 14.7 Å². The zero-order chi connectivity index (χ0) is 23.7. The summed E-state index contributed by atoms with van der Waals surface area (Å²) in [6, 6.07) is 11.5. The molecule has 1 atom stereocenters. The summed E-state index contributed by atoms with van der Waals surface area (Å²) < 4.78 is 13.2. The molecule has 2 heterocycles. The van der Waals surface area contributed by atoms with Crippen LogP contribution in [-0.4, -0.2) is 29.4 Å². The van der Waals surface area contributed by atoms with Gasteiger partial charge in [-0.15, -0.1) is 0 Å². The number of ether oxygens (including phenoxy) is 2. The third kappa shape index (κ3) is 4.38. The van der Waals surface area contributed by atoms with E-state index in [0.717, 1.165) is 10.0 Å². The van der Waals surface area contributed by atoms with Gasteiger partial charge in [-0.05, 0) is 55.8 Å². The monoisotopic (exact) mass is 528 g/mol. The lowest BCUT2D eigenvalue weighted by Crippen LogP contribution is -2.39. The molecule has 0 aliphatic carbocycles. The Labute approximate surface area is 202 Å². The van der Waals surface area contributed by atoms with Crippen LogP contribution in [0.25, 0.3) is 6.08 Å². The Hall–Kier alpha value is -3.17. The van der Waals surface area contributed by atoms with Crippen LogP contribution >= 0.6 is 27.3 Å². The van der Waals surface area contributed by atoms with Crippen molar-refractivity contribution < 1.29 is 19.4 Å².